The van der Waals surface area contributed by atoms with Crippen molar-refractivity contribution in [3.05, 3.63) is 72.4 Å². The van der Waals surface area contributed by atoms with Crippen molar-refractivity contribution in [2.24, 2.45) is 11.8 Å². The fourth-order valence-corrected chi connectivity index (χ4v) is 5.63. The van der Waals surface area contributed by atoms with Crippen LogP contribution in [-0.4, -0.2) is 48.7 Å². The number of aromatic nitrogens is 1. The Labute approximate surface area is 191 Å². The normalized spacial score (nSPS) is 27.4. The summed E-state index contributed by atoms with van der Waals surface area (Å²) in [6.07, 6.45) is 6.22. The number of nitrogens with zero attached hydrogens (tertiary/aromatic N) is 1. The Balaban J connectivity index is 1.19. The van der Waals surface area contributed by atoms with E-state index in [1.54, 1.807) is 12.0 Å². The Bertz CT molecular complexity index is 1280. The molecule has 3 aliphatic rings. The molecule has 2 N–H and O–H groups in total. The summed E-state index contributed by atoms with van der Waals surface area (Å²) in [4.78, 5) is 31.7. The number of carbonyl (C=O) groups excluding carboxylic acids is 2. The maximum Gasteiger partial charge on any atom is 0.234 e. The molecule has 2 fully saturated rings. The van der Waals surface area contributed by atoms with Crippen molar-refractivity contribution in [1.29, 1.82) is 0 Å². The van der Waals surface area contributed by atoms with E-state index in [1.807, 2.05) is 60.8 Å². The van der Waals surface area contributed by atoms with Crippen molar-refractivity contribution in [1.82, 2.24) is 10.3 Å². The molecule has 33 heavy (non-hydrogen) atoms. The van der Waals surface area contributed by atoms with Crippen molar-refractivity contribution in [3.8, 4) is 5.75 Å². The number of rotatable bonds is 6. The Morgan fingerprint density at radius 1 is 1.24 bits per heavy atom. The number of H-pyrrole nitrogens is 1. The molecule has 2 amide bonds. The first-order valence-electron chi connectivity index (χ1n) is 11.3. The number of aromatic amines is 1. The number of benzene rings is 2. The highest BCUT2D eigenvalue weighted by Crippen LogP contribution is 2.53. The summed E-state index contributed by atoms with van der Waals surface area (Å²) in [5.74, 6) is -0.675. The van der Waals surface area contributed by atoms with Gasteiger partial charge in [-0.25, -0.2) is 0 Å². The van der Waals surface area contributed by atoms with Gasteiger partial charge in [0.1, 0.15) is 11.4 Å². The molecule has 3 aliphatic heterocycles. The van der Waals surface area contributed by atoms with Crippen LogP contribution in [0.4, 0.5) is 5.69 Å². The summed E-state index contributed by atoms with van der Waals surface area (Å²) in [5.41, 5.74) is 2.18. The zero-order chi connectivity index (χ0) is 22.6. The highest BCUT2D eigenvalue weighted by molar-refractivity contribution is 6.04. The molecule has 2 saturated heterocycles. The van der Waals surface area contributed by atoms with E-state index in [9.17, 15) is 9.59 Å². The first kappa shape index (κ1) is 20.1. The number of methoxy groups -OCH3 is 1. The molecule has 0 saturated carbocycles. The molecule has 0 aliphatic carbocycles. The molecule has 4 heterocycles. The number of nitrogens with one attached hydrogen (secondary N) is 2. The van der Waals surface area contributed by atoms with Crippen molar-refractivity contribution in [2.45, 2.75) is 18.1 Å². The third-order valence-electron chi connectivity index (χ3n) is 7.15. The molecule has 1 aromatic heterocycles. The minimum Gasteiger partial charge on any atom is -0.495 e. The molecular weight excluding hydrogens is 418 g/mol. The Kier molecular flexibility index (Phi) is 4.55. The van der Waals surface area contributed by atoms with Gasteiger partial charge in [0.2, 0.25) is 11.8 Å². The third-order valence-corrected chi connectivity index (χ3v) is 7.15. The SMILES string of the molecule is COc1ccccc1N1C[C@]23C=C[C@H](O2)[C@H](C(=O)NCCc2c[nH]c4ccccc24)[C@H]3C1=O. The number of para-hydroxylation sites is 3. The van der Waals surface area contributed by atoms with Gasteiger partial charge in [-0.1, -0.05) is 42.5 Å². The van der Waals surface area contributed by atoms with Crippen LogP contribution < -0.4 is 15.0 Å². The number of hydrogen-bond donors (Lipinski definition) is 2. The molecule has 4 atom stereocenters. The largest absolute Gasteiger partial charge is 0.495 e. The topological polar surface area (TPSA) is 83.7 Å². The number of carbonyl (C=O) groups is 2. The standard InChI is InChI=1S/C26H25N3O4/c1-32-20-9-5-4-8-19(20)29-15-26-12-10-21(33-26)22(23(26)25(29)31)24(30)27-13-11-16-14-28-18-7-3-2-6-17(16)18/h2-10,12,14,21-23,28H,11,13,15H2,1H3,(H,27,30)/t21-,22-,23-,26-/m0/s1. The van der Waals surface area contributed by atoms with Gasteiger partial charge < -0.3 is 24.7 Å². The lowest BCUT2D eigenvalue weighted by Gasteiger charge is -2.23. The number of fused-ring (bicyclic) bond motifs is 2. The van der Waals surface area contributed by atoms with Gasteiger partial charge in [-0.2, -0.15) is 0 Å². The van der Waals surface area contributed by atoms with Crippen LogP contribution in [-0.2, 0) is 20.7 Å². The summed E-state index contributed by atoms with van der Waals surface area (Å²) in [5, 5.41) is 4.22. The maximum atomic E-state index is 13.5. The quantitative estimate of drug-likeness (QED) is 0.574. The highest BCUT2D eigenvalue weighted by Gasteiger charge is 2.67. The molecular formula is C26H25N3O4. The lowest BCUT2D eigenvalue weighted by atomic mass is 9.77. The van der Waals surface area contributed by atoms with E-state index in [4.69, 9.17) is 9.47 Å². The lowest BCUT2D eigenvalue weighted by Crippen LogP contribution is -2.44. The van der Waals surface area contributed by atoms with Gasteiger partial charge in [0.15, 0.2) is 0 Å². The zero-order valence-electron chi connectivity index (χ0n) is 18.3. The van der Waals surface area contributed by atoms with Crippen molar-refractivity contribution < 1.29 is 19.1 Å². The van der Waals surface area contributed by atoms with Gasteiger partial charge in [-0.05, 0) is 30.2 Å². The van der Waals surface area contributed by atoms with E-state index in [2.05, 4.69) is 16.4 Å². The van der Waals surface area contributed by atoms with Gasteiger partial charge in [0, 0.05) is 23.6 Å². The van der Waals surface area contributed by atoms with Crippen LogP contribution in [0, 0.1) is 11.8 Å². The minimum absolute atomic E-state index is 0.0943. The van der Waals surface area contributed by atoms with E-state index < -0.39 is 17.4 Å². The summed E-state index contributed by atoms with van der Waals surface area (Å²) >= 11 is 0. The summed E-state index contributed by atoms with van der Waals surface area (Å²) in [6.45, 7) is 0.876. The van der Waals surface area contributed by atoms with Crippen LogP contribution in [0.15, 0.2) is 66.9 Å². The van der Waals surface area contributed by atoms with Crippen LogP contribution in [0.2, 0.25) is 0 Å². The Morgan fingerprint density at radius 3 is 2.94 bits per heavy atom. The van der Waals surface area contributed by atoms with Crippen LogP contribution in [0.1, 0.15) is 5.56 Å². The maximum absolute atomic E-state index is 13.5. The van der Waals surface area contributed by atoms with E-state index in [0.717, 1.165) is 16.5 Å². The highest BCUT2D eigenvalue weighted by atomic mass is 16.5. The summed E-state index contributed by atoms with van der Waals surface area (Å²) < 4.78 is 11.7. The molecule has 0 unspecified atom stereocenters. The summed E-state index contributed by atoms with van der Waals surface area (Å²) in [6, 6.07) is 15.6. The first-order chi connectivity index (χ1) is 16.1. The van der Waals surface area contributed by atoms with Gasteiger partial charge in [-0.15, -0.1) is 0 Å². The molecule has 6 rings (SSSR count). The second-order valence-electron chi connectivity index (χ2n) is 8.90. The fourth-order valence-electron chi connectivity index (χ4n) is 5.63. The molecule has 7 nitrogen and oxygen atoms in total. The number of ether oxygens (including phenoxy) is 2. The smallest absolute Gasteiger partial charge is 0.234 e. The average Bonchev–Trinajstić information content (AvgIpc) is 3.59. The molecule has 2 aromatic carbocycles. The predicted molar refractivity (Wildman–Crippen MR) is 124 cm³/mol. The van der Waals surface area contributed by atoms with Crippen LogP contribution in [0.25, 0.3) is 10.9 Å². The third kappa shape index (κ3) is 2.99. The van der Waals surface area contributed by atoms with Crippen LogP contribution in [0.3, 0.4) is 0 Å². The molecule has 3 aromatic rings. The number of amides is 2. The minimum atomic E-state index is -0.762. The zero-order valence-corrected chi connectivity index (χ0v) is 18.3. The second kappa shape index (κ2) is 7.49. The Morgan fingerprint density at radius 2 is 2.06 bits per heavy atom. The van der Waals surface area contributed by atoms with Gasteiger partial charge in [0.25, 0.3) is 0 Å². The average molecular weight is 444 g/mol. The van der Waals surface area contributed by atoms with Crippen molar-refractivity contribution in [2.75, 3.05) is 25.1 Å². The molecule has 1 spiro atoms. The van der Waals surface area contributed by atoms with Crippen molar-refractivity contribution >= 4 is 28.4 Å². The lowest BCUT2D eigenvalue weighted by molar-refractivity contribution is -0.131. The first-order valence-corrected chi connectivity index (χ1v) is 11.3. The van der Waals surface area contributed by atoms with Gasteiger partial charge in [-0.3, -0.25) is 9.59 Å². The second-order valence-corrected chi connectivity index (χ2v) is 8.90. The van der Waals surface area contributed by atoms with E-state index in [0.29, 0.717) is 30.9 Å². The molecule has 168 valence electrons. The molecule has 2 bridgehead atoms. The van der Waals surface area contributed by atoms with Gasteiger partial charge in [0.05, 0.1) is 37.3 Å². The monoisotopic (exact) mass is 443 g/mol. The molecule has 7 heteroatoms. The number of anilines is 1. The Hall–Kier alpha value is -3.58. The van der Waals surface area contributed by atoms with Crippen LogP contribution >= 0.6 is 0 Å². The van der Waals surface area contributed by atoms with Gasteiger partial charge >= 0.3 is 0 Å². The fraction of sp³-hybridized carbons (Fsp3) is 0.308. The molecule has 0 radical (unpaired) electrons. The van der Waals surface area contributed by atoms with E-state index in [1.165, 1.54) is 0 Å². The summed E-state index contributed by atoms with van der Waals surface area (Å²) in [7, 11) is 1.59. The number of hydrogen-bond acceptors (Lipinski definition) is 4. The van der Waals surface area contributed by atoms with Crippen LogP contribution in [0.5, 0.6) is 5.75 Å². The van der Waals surface area contributed by atoms with E-state index in [-0.39, 0.29) is 17.9 Å². The van der Waals surface area contributed by atoms with E-state index >= 15 is 0 Å². The van der Waals surface area contributed by atoms with Crippen molar-refractivity contribution in [3.63, 3.8) is 0 Å². The predicted octanol–water partition coefficient (Wildman–Crippen LogP) is 2.82.